The van der Waals surface area contributed by atoms with Crippen LogP contribution in [0, 0.1) is 0 Å². The number of aliphatic hydroxyl groups excluding tert-OH is 1. The Balaban J connectivity index is 2.83. The number of β-amino-alcohol motifs (C(OH)–C–C–N with tert-alkyl or cyclic N) is 1. The minimum Gasteiger partial charge on any atom is -0.480 e. The number of aliphatic carboxylic acids is 1. The molecule has 1 saturated heterocycles. The monoisotopic (exact) mass is 258 g/mol. The Labute approximate surface area is 107 Å². The van der Waals surface area contributed by atoms with Crippen LogP contribution in [0.5, 0.6) is 0 Å². The minimum atomic E-state index is -1.06. The van der Waals surface area contributed by atoms with Gasteiger partial charge in [0.05, 0.1) is 6.10 Å². The third-order valence-electron chi connectivity index (χ3n) is 3.52. The topological polar surface area (TPSA) is 81.1 Å². The highest BCUT2D eigenvalue weighted by molar-refractivity contribution is 5.83. The van der Waals surface area contributed by atoms with Gasteiger partial charge in [0.15, 0.2) is 0 Å². The lowest BCUT2D eigenvalue weighted by molar-refractivity contribution is -0.141. The van der Waals surface area contributed by atoms with E-state index in [1.54, 1.807) is 4.90 Å². The van der Waals surface area contributed by atoms with Crippen LogP contribution in [0.4, 0.5) is 4.79 Å². The van der Waals surface area contributed by atoms with Crippen molar-refractivity contribution in [2.24, 2.45) is 0 Å². The highest BCUT2D eigenvalue weighted by Crippen LogP contribution is 2.21. The maximum atomic E-state index is 12.3. The summed E-state index contributed by atoms with van der Waals surface area (Å²) in [6.45, 7) is 6.42. The molecule has 2 amide bonds. The van der Waals surface area contributed by atoms with Crippen LogP contribution in [0.2, 0.25) is 0 Å². The fourth-order valence-electron chi connectivity index (χ4n) is 2.28. The molecule has 1 aliphatic rings. The first kappa shape index (κ1) is 14.8. The summed E-state index contributed by atoms with van der Waals surface area (Å²) in [6, 6.07) is -1.14. The Morgan fingerprint density at radius 3 is 2.50 bits per heavy atom. The van der Waals surface area contributed by atoms with E-state index >= 15 is 0 Å². The Morgan fingerprint density at radius 1 is 1.44 bits per heavy atom. The molecule has 1 unspecified atom stereocenters. The average Bonchev–Trinajstić information content (AvgIpc) is 2.72. The van der Waals surface area contributed by atoms with Crippen molar-refractivity contribution in [2.75, 3.05) is 13.1 Å². The molecule has 1 aliphatic heterocycles. The predicted molar refractivity (Wildman–Crippen MR) is 66.3 cm³/mol. The molecule has 1 fully saturated rings. The molecule has 104 valence electrons. The molecule has 3 atom stereocenters. The number of amides is 2. The molecule has 1 heterocycles. The van der Waals surface area contributed by atoms with Crippen molar-refractivity contribution in [3.05, 3.63) is 0 Å². The van der Waals surface area contributed by atoms with Crippen molar-refractivity contribution in [3.8, 4) is 0 Å². The van der Waals surface area contributed by atoms with E-state index < -0.39 is 18.1 Å². The number of carboxylic acids is 1. The van der Waals surface area contributed by atoms with Gasteiger partial charge in [-0.3, -0.25) is 0 Å². The number of nitrogens with zero attached hydrogens (tertiary/aromatic N) is 2. The fraction of sp³-hybridized carbons (Fsp3) is 0.833. The number of likely N-dealkylation sites (tertiary alicyclic amines) is 1. The third kappa shape index (κ3) is 2.93. The van der Waals surface area contributed by atoms with Crippen LogP contribution in [0.3, 0.4) is 0 Å². The lowest BCUT2D eigenvalue weighted by atomic mass is 10.2. The molecule has 18 heavy (non-hydrogen) atoms. The second-order valence-electron chi connectivity index (χ2n) is 4.72. The second kappa shape index (κ2) is 6.04. The van der Waals surface area contributed by atoms with Crippen LogP contribution in [-0.2, 0) is 4.79 Å². The molecule has 0 aromatic heterocycles. The highest BCUT2D eigenvalue weighted by Gasteiger charge is 2.40. The van der Waals surface area contributed by atoms with E-state index in [9.17, 15) is 14.7 Å². The molecule has 6 heteroatoms. The number of hydrogen-bond donors (Lipinski definition) is 2. The number of aliphatic hydroxyl groups is 1. The van der Waals surface area contributed by atoms with E-state index in [1.807, 2.05) is 20.8 Å². The van der Waals surface area contributed by atoms with Gasteiger partial charge in [0.1, 0.15) is 6.04 Å². The quantitative estimate of drug-likeness (QED) is 0.779. The van der Waals surface area contributed by atoms with Crippen LogP contribution < -0.4 is 0 Å². The van der Waals surface area contributed by atoms with Crippen molar-refractivity contribution >= 4 is 12.0 Å². The maximum Gasteiger partial charge on any atom is 0.326 e. The fourth-order valence-corrected chi connectivity index (χ4v) is 2.28. The first-order valence-electron chi connectivity index (χ1n) is 6.40. The number of rotatable bonds is 4. The molecule has 0 aromatic rings. The van der Waals surface area contributed by atoms with Gasteiger partial charge in [0.2, 0.25) is 0 Å². The summed E-state index contributed by atoms with van der Waals surface area (Å²) in [7, 11) is 0. The normalized spacial score (nSPS) is 25.0. The Bertz CT molecular complexity index is 321. The van der Waals surface area contributed by atoms with Gasteiger partial charge in [-0.15, -0.1) is 0 Å². The smallest absolute Gasteiger partial charge is 0.326 e. The SMILES string of the molecule is CCC(C)N(CC)C(=O)N1C[C@H](O)C[C@H]1C(=O)O. The van der Waals surface area contributed by atoms with Gasteiger partial charge < -0.3 is 20.0 Å². The maximum absolute atomic E-state index is 12.3. The van der Waals surface area contributed by atoms with Gasteiger partial charge in [0, 0.05) is 25.6 Å². The van der Waals surface area contributed by atoms with E-state index in [-0.39, 0.29) is 25.0 Å². The molecule has 0 spiro atoms. The van der Waals surface area contributed by atoms with Crippen LogP contribution in [0.1, 0.15) is 33.6 Å². The van der Waals surface area contributed by atoms with Gasteiger partial charge in [-0.2, -0.15) is 0 Å². The molecule has 0 bridgehead atoms. The van der Waals surface area contributed by atoms with Crippen molar-refractivity contribution in [1.29, 1.82) is 0 Å². The van der Waals surface area contributed by atoms with Gasteiger partial charge in [-0.1, -0.05) is 6.92 Å². The van der Waals surface area contributed by atoms with Crippen molar-refractivity contribution in [3.63, 3.8) is 0 Å². The molecule has 0 saturated carbocycles. The predicted octanol–water partition coefficient (Wildman–Crippen LogP) is 0.747. The Hall–Kier alpha value is -1.30. The van der Waals surface area contributed by atoms with Gasteiger partial charge in [-0.05, 0) is 20.3 Å². The summed E-state index contributed by atoms with van der Waals surface area (Å²) in [5.41, 5.74) is 0. The summed E-state index contributed by atoms with van der Waals surface area (Å²) in [5, 5.41) is 18.6. The molecule has 0 aromatic carbocycles. The minimum absolute atomic E-state index is 0.0645. The third-order valence-corrected chi connectivity index (χ3v) is 3.52. The van der Waals surface area contributed by atoms with Crippen molar-refractivity contribution in [2.45, 2.75) is 51.8 Å². The average molecular weight is 258 g/mol. The zero-order chi connectivity index (χ0) is 13.9. The van der Waals surface area contributed by atoms with Crippen molar-refractivity contribution in [1.82, 2.24) is 9.80 Å². The zero-order valence-corrected chi connectivity index (χ0v) is 11.2. The molecule has 1 rings (SSSR count). The first-order valence-corrected chi connectivity index (χ1v) is 6.40. The lowest BCUT2D eigenvalue weighted by Gasteiger charge is -2.33. The Kier molecular flexibility index (Phi) is 4.95. The van der Waals surface area contributed by atoms with Crippen LogP contribution >= 0.6 is 0 Å². The van der Waals surface area contributed by atoms with Gasteiger partial charge >= 0.3 is 12.0 Å². The summed E-state index contributed by atoms with van der Waals surface area (Å²) in [6.07, 6.45) is 0.179. The van der Waals surface area contributed by atoms with E-state index in [2.05, 4.69) is 0 Å². The summed E-state index contributed by atoms with van der Waals surface area (Å²) in [4.78, 5) is 26.3. The molecular weight excluding hydrogens is 236 g/mol. The standard InChI is InChI=1S/C12H22N2O4/c1-4-8(3)13(5-2)12(18)14-7-9(15)6-10(14)11(16)17/h8-10,15H,4-7H2,1-3H3,(H,16,17)/t8?,9-,10+/m1/s1. The van der Waals surface area contributed by atoms with Crippen LogP contribution in [-0.4, -0.2) is 63.3 Å². The first-order chi connectivity index (χ1) is 8.42. The summed E-state index contributed by atoms with van der Waals surface area (Å²) >= 11 is 0. The molecule has 2 N–H and O–H groups in total. The number of hydrogen-bond acceptors (Lipinski definition) is 3. The van der Waals surface area contributed by atoms with Gasteiger partial charge in [0.25, 0.3) is 0 Å². The van der Waals surface area contributed by atoms with Gasteiger partial charge in [-0.25, -0.2) is 9.59 Å². The second-order valence-corrected chi connectivity index (χ2v) is 4.72. The summed E-state index contributed by atoms with van der Waals surface area (Å²) in [5.74, 6) is -1.06. The number of carboxylic acid groups (broad SMARTS) is 1. The van der Waals surface area contributed by atoms with Crippen LogP contribution in [0.25, 0.3) is 0 Å². The van der Waals surface area contributed by atoms with Crippen LogP contribution in [0.15, 0.2) is 0 Å². The van der Waals surface area contributed by atoms with E-state index in [0.29, 0.717) is 6.54 Å². The summed E-state index contributed by atoms with van der Waals surface area (Å²) < 4.78 is 0. The Morgan fingerprint density at radius 2 is 2.06 bits per heavy atom. The molecule has 6 nitrogen and oxygen atoms in total. The lowest BCUT2D eigenvalue weighted by Crippen LogP contribution is -2.50. The van der Waals surface area contributed by atoms with E-state index in [1.165, 1.54) is 4.90 Å². The molecular formula is C12H22N2O4. The highest BCUT2D eigenvalue weighted by atomic mass is 16.4. The zero-order valence-electron chi connectivity index (χ0n) is 11.2. The van der Waals surface area contributed by atoms with E-state index in [0.717, 1.165) is 6.42 Å². The number of carbonyl (C=O) groups is 2. The largest absolute Gasteiger partial charge is 0.480 e. The van der Waals surface area contributed by atoms with E-state index in [4.69, 9.17) is 5.11 Å². The molecule has 0 aliphatic carbocycles. The molecule has 0 radical (unpaired) electrons. The van der Waals surface area contributed by atoms with Crippen molar-refractivity contribution < 1.29 is 19.8 Å². The number of carbonyl (C=O) groups excluding carboxylic acids is 1. The number of urea groups is 1.